The Kier molecular flexibility index (Phi) is 1.84. The Morgan fingerprint density at radius 2 is 2.27 bits per heavy atom. The van der Waals surface area contributed by atoms with E-state index in [0.717, 1.165) is 5.75 Å². The van der Waals surface area contributed by atoms with Crippen LogP contribution < -0.4 is 10.5 Å². The van der Waals surface area contributed by atoms with Gasteiger partial charge in [0.15, 0.2) is 0 Å². The monoisotopic (exact) mass is 203 g/mol. The first-order valence-electron chi connectivity index (χ1n) is 5.69. The Balaban J connectivity index is 2.06. The van der Waals surface area contributed by atoms with Gasteiger partial charge in [0.05, 0.1) is 7.11 Å². The van der Waals surface area contributed by atoms with E-state index in [1.807, 2.05) is 0 Å². The molecule has 2 atom stereocenters. The second kappa shape index (κ2) is 2.99. The number of fused-ring (bicyclic) bond motifs is 2. The van der Waals surface area contributed by atoms with E-state index >= 15 is 0 Å². The predicted molar refractivity (Wildman–Crippen MR) is 60.2 cm³/mol. The highest BCUT2D eigenvalue weighted by Gasteiger charge is 2.54. The topological polar surface area (TPSA) is 35.2 Å². The molecule has 1 spiro atoms. The fraction of sp³-hybridized carbons (Fsp3) is 0.538. The summed E-state index contributed by atoms with van der Waals surface area (Å²) in [4.78, 5) is 0. The van der Waals surface area contributed by atoms with Crippen LogP contribution in [0.25, 0.3) is 0 Å². The van der Waals surface area contributed by atoms with E-state index in [4.69, 9.17) is 10.5 Å². The molecule has 15 heavy (non-hydrogen) atoms. The van der Waals surface area contributed by atoms with Crippen molar-refractivity contribution in [2.75, 3.05) is 7.11 Å². The van der Waals surface area contributed by atoms with Crippen LogP contribution in [0.4, 0.5) is 0 Å². The maximum atomic E-state index is 6.09. The number of hydrogen-bond acceptors (Lipinski definition) is 2. The Hall–Kier alpha value is -1.02. The normalized spacial score (nSPS) is 32.5. The van der Waals surface area contributed by atoms with Crippen molar-refractivity contribution in [3.8, 4) is 5.75 Å². The van der Waals surface area contributed by atoms with E-state index in [1.165, 1.54) is 36.8 Å². The largest absolute Gasteiger partial charge is 0.497 e. The quantitative estimate of drug-likeness (QED) is 0.757. The van der Waals surface area contributed by atoms with Gasteiger partial charge in [-0.05, 0) is 48.9 Å². The molecule has 2 N–H and O–H groups in total. The lowest BCUT2D eigenvalue weighted by Crippen LogP contribution is -2.23. The Bertz CT molecular complexity index is 402. The minimum Gasteiger partial charge on any atom is -0.497 e. The highest BCUT2D eigenvalue weighted by molar-refractivity contribution is 5.47. The fourth-order valence-corrected chi connectivity index (χ4v) is 3.05. The van der Waals surface area contributed by atoms with E-state index in [1.54, 1.807) is 7.11 Å². The molecule has 2 aliphatic carbocycles. The third-order valence-electron chi connectivity index (χ3n) is 4.05. The average molecular weight is 203 g/mol. The first-order valence-corrected chi connectivity index (χ1v) is 5.69. The highest BCUT2D eigenvalue weighted by Crippen LogP contribution is 2.54. The van der Waals surface area contributed by atoms with Crippen LogP contribution in [0.2, 0.25) is 0 Å². The molecule has 0 radical (unpaired) electrons. The molecule has 2 heteroatoms. The van der Waals surface area contributed by atoms with Gasteiger partial charge in [0.1, 0.15) is 5.75 Å². The van der Waals surface area contributed by atoms with Crippen LogP contribution in [0, 0.1) is 0 Å². The van der Waals surface area contributed by atoms with E-state index < -0.39 is 0 Å². The summed E-state index contributed by atoms with van der Waals surface area (Å²) in [6, 6.07) is 6.86. The van der Waals surface area contributed by atoms with Crippen molar-refractivity contribution in [2.24, 2.45) is 5.73 Å². The van der Waals surface area contributed by atoms with Crippen LogP contribution in [0.15, 0.2) is 18.2 Å². The molecule has 0 amide bonds. The fourth-order valence-electron chi connectivity index (χ4n) is 3.05. The van der Waals surface area contributed by atoms with Gasteiger partial charge in [-0.1, -0.05) is 6.07 Å². The SMILES string of the molecule is COc1ccc2c(c1)CCCC21CC1N. The standard InChI is InChI=1S/C13H17NO/c1-15-10-4-5-11-9(7-10)3-2-6-13(11)8-12(13)14/h4-5,7,12H,2-3,6,8,14H2,1H3. The zero-order chi connectivity index (χ0) is 10.5. The van der Waals surface area contributed by atoms with Crippen LogP contribution in [-0.4, -0.2) is 13.2 Å². The third-order valence-corrected chi connectivity index (χ3v) is 4.05. The lowest BCUT2D eigenvalue weighted by molar-refractivity contribution is 0.412. The van der Waals surface area contributed by atoms with Gasteiger partial charge in [-0.2, -0.15) is 0 Å². The van der Waals surface area contributed by atoms with Crippen LogP contribution in [0.1, 0.15) is 30.4 Å². The number of ether oxygens (including phenoxy) is 1. The van der Waals surface area contributed by atoms with Gasteiger partial charge in [-0.25, -0.2) is 0 Å². The Labute approximate surface area is 90.4 Å². The lowest BCUT2D eigenvalue weighted by Gasteiger charge is -2.26. The number of benzene rings is 1. The molecule has 2 aliphatic rings. The molecule has 80 valence electrons. The van der Waals surface area contributed by atoms with Gasteiger partial charge in [0.2, 0.25) is 0 Å². The van der Waals surface area contributed by atoms with Crippen molar-refractivity contribution < 1.29 is 4.74 Å². The summed E-state index contributed by atoms with van der Waals surface area (Å²) in [6.45, 7) is 0. The third kappa shape index (κ3) is 1.21. The van der Waals surface area contributed by atoms with Crippen LogP contribution in [0.5, 0.6) is 5.75 Å². The van der Waals surface area contributed by atoms with Gasteiger partial charge < -0.3 is 10.5 Å². The van der Waals surface area contributed by atoms with Crippen molar-refractivity contribution >= 4 is 0 Å². The van der Waals surface area contributed by atoms with E-state index in [0.29, 0.717) is 11.5 Å². The molecule has 0 heterocycles. The molecule has 2 nitrogen and oxygen atoms in total. The molecule has 0 bridgehead atoms. The number of nitrogens with two attached hydrogens (primary N) is 1. The van der Waals surface area contributed by atoms with Gasteiger partial charge in [-0.3, -0.25) is 0 Å². The summed E-state index contributed by atoms with van der Waals surface area (Å²) < 4.78 is 5.26. The number of rotatable bonds is 1. The van der Waals surface area contributed by atoms with Crippen LogP contribution >= 0.6 is 0 Å². The van der Waals surface area contributed by atoms with Crippen molar-refractivity contribution in [1.29, 1.82) is 0 Å². The molecule has 2 unspecified atom stereocenters. The molecular formula is C13H17NO. The molecule has 0 aliphatic heterocycles. The van der Waals surface area contributed by atoms with E-state index in [2.05, 4.69) is 18.2 Å². The molecule has 0 aromatic heterocycles. The summed E-state index contributed by atoms with van der Waals surface area (Å²) in [5.41, 5.74) is 9.36. The van der Waals surface area contributed by atoms with Crippen molar-refractivity contribution in [3.05, 3.63) is 29.3 Å². The Morgan fingerprint density at radius 1 is 1.47 bits per heavy atom. The lowest BCUT2D eigenvalue weighted by atomic mass is 9.79. The maximum Gasteiger partial charge on any atom is 0.119 e. The van der Waals surface area contributed by atoms with Crippen molar-refractivity contribution in [3.63, 3.8) is 0 Å². The Morgan fingerprint density at radius 3 is 2.93 bits per heavy atom. The summed E-state index contributed by atoms with van der Waals surface area (Å²) in [6.07, 6.45) is 4.90. The van der Waals surface area contributed by atoms with Gasteiger partial charge in [0.25, 0.3) is 0 Å². The second-order valence-corrected chi connectivity index (χ2v) is 4.84. The maximum absolute atomic E-state index is 6.09. The van der Waals surface area contributed by atoms with E-state index in [9.17, 15) is 0 Å². The van der Waals surface area contributed by atoms with E-state index in [-0.39, 0.29) is 0 Å². The molecular weight excluding hydrogens is 186 g/mol. The molecule has 1 saturated carbocycles. The highest BCUT2D eigenvalue weighted by atomic mass is 16.5. The van der Waals surface area contributed by atoms with Gasteiger partial charge in [-0.15, -0.1) is 0 Å². The molecule has 3 rings (SSSR count). The average Bonchev–Trinajstić information content (AvgIpc) is 2.89. The minimum absolute atomic E-state index is 0.333. The number of aryl methyl sites for hydroxylation is 1. The van der Waals surface area contributed by atoms with Crippen molar-refractivity contribution in [2.45, 2.75) is 37.1 Å². The smallest absolute Gasteiger partial charge is 0.119 e. The minimum atomic E-state index is 0.333. The zero-order valence-corrected chi connectivity index (χ0v) is 9.12. The summed E-state index contributed by atoms with van der Waals surface area (Å²) in [5.74, 6) is 0.972. The molecule has 1 fully saturated rings. The number of methoxy groups -OCH3 is 1. The first-order chi connectivity index (χ1) is 7.26. The van der Waals surface area contributed by atoms with Gasteiger partial charge in [0, 0.05) is 11.5 Å². The molecule has 0 saturated heterocycles. The summed E-state index contributed by atoms with van der Waals surface area (Å²) >= 11 is 0. The number of hydrogen-bond donors (Lipinski definition) is 1. The second-order valence-electron chi connectivity index (χ2n) is 4.84. The zero-order valence-electron chi connectivity index (χ0n) is 9.12. The first kappa shape index (κ1) is 9.22. The molecule has 1 aromatic rings. The predicted octanol–water partition coefficient (Wildman–Crippen LogP) is 2.00. The van der Waals surface area contributed by atoms with Crippen LogP contribution in [0.3, 0.4) is 0 Å². The summed E-state index contributed by atoms with van der Waals surface area (Å²) in [5, 5.41) is 0. The molecule has 1 aromatic carbocycles. The van der Waals surface area contributed by atoms with Crippen LogP contribution in [-0.2, 0) is 11.8 Å². The summed E-state index contributed by atoms with van der Waals surface area (Å²) in [7, 11) is 1.73. The van der Waals surface area contributed by atoms with Gasteiger partial charge >= 0.3 is 0 Å². The van der Waals surface area contributed by atoms with Crippen molar-refractivity contribution in [1.82, 2.24) is 0 Å².